The standard InChI is InChI=1S/C19H27F2N3O3Si/c1-5-27-19(26)16-17(12-6-7-13(20)14(21)10-12)23-11-24(22)18(16)15(25)8-9-28(2,3)4/h6-7,10,18,23H,5,8-9,11,22H2,1-4H3. The summed E-state index contributed by atoms with van der Waals surface area (Å²) in [5.74, 6) is 3.06. The van der Waals surface area contributed by atoms with Crippen molar-refractivity contribution in [3.05, 3.63) is 41.0 Å². The van der Waals surface area contributed by atoms with Crippen molar-refractivity contribution in [2.45, 2.75) is 45.1 Å². The Morgan fingerprint density at radius 2 is 1.96 bits per heavy atom. The van der Waals surface area contributed by atoms with E-state index in [9.17, 15) is 18.4 Å². The molecule has 1 unspecified atom stereocenters. The van der Waals surface area contributed by atoms with Gasteiger partial charge in [-0.3, -0.25) is 10.6 Å². The van der Waals surface area contributed by atoms with Gasteiger partial charge in [-0.05, 0) is 25.1 Å². The average Bonchev–Trinajstić information content (AvgIpc) is 2.61. The molecule has 2 rings (SSSR count). The van der Waals surface area contributed by atoms with Crippen molar-refractivity contribution in [3.63, 3.8) is 0 Å². The van der Waals surface area contributed by atoms with Gasteiger partial charge in [0.15, 0.2) is 17.4 Å². The molecule has 0 saturated carbocycles. The number of ether oxygens (including phenoxy) is 1. The maximum absolute atomic E-state index is 13.8. The van der Waals surface area contributed by atoms with E-state index < -0.39 is 31.7 Å². The van der Waals surface area contributed by atoms with Gasteiger partial charge in [-0.25, -0.2) is 18.6 Å². The molecule has 3 N–H and O–H groups in total. The van der Waals surface area contributed by atoms with Gasteiger partial charge >= 0.3 is 5.97 Å². The molecule has 0 bridgehead atoms. The number of ketones is 1. The number of benzene rings is 1. The van der Waals surface area contributed by atoms with Gasteiger partial charge < -0.3 is 10.1 Å². The molecule has 0 spiro atoms. The molecule has 1 atom stereocenters. The van der Waals surface area contributed by atoms with Gasteiger partial charge in [-0.2, -0.15) is 0 Å². The van der Waals surface area contributed by atoms with Crippen LogP contribution in [0, 0.1) is 11.6 Å². The van der Waals surface area contributed by atoms with E-state index in [0.717, 1.165) is 18.2 Å². The van der Waals surface area contributed by atoms with Gasteiger partial charge in [0.1, 0.15) is 6.04 Å². The van der Waals surface area contributed by atoms with Crippen molar-refractivity contribution >= 4 is 25.5 Å². The summed E-state index contributed by atoms with van der Waals surface area (Å²) in [5, 5.41) is 4.16. The van der Waals surface area contributed by atoms with E-state index in [-0.39, 0.29) is 42.3 Å². The summed E-state index contributed by atoms with van der Waals surface area (Å²) in [5.41, 5.74) is 0.491. The van der Waals surface area contributed by atoms with Gasteiger partial charge in [0.25, 0.3) is 0 Å². The zero-order valence-corrected chi connectivity index (χ0v) is 17.6. The molecule has 1 aromatic carbocycles. The van der Waals surface area contributed by atoms with E-state index in [2.05, 4.69) is 25.0 Å². The first kappa shape index (κ1) is 22.2. The van der Waals surface area contributed by atoms with Crippen LogP contribution in [0.2, 0.25) is 25.7 Å². The van der Waals surface area contributed by atoms with Crippen LogP contribution in [0.25, 0.3) is 5.70 Å². The second-order valence-corrected chi connectivity index (χ2v) is 13.5. The SMILES string of the molecule is CCOC(=O)C1=C(c2ccc(F)c(F)c2)NCN(N)C1C(=O)CC[Si](C)(C)C. The highest BCUT2D eigenvalue weighted by molar-refractivity contribution is 6.76. The molecule has 1 aliphatic heterocycles. The Hall–Kier alpha value is -2.10. The predicted octanol–water partition coefficient (Wildman–Crippen LogP) is 2.64. The van der Waals surface area contributed by atoms with Crippen LogP contribution in [0.5, 0.6) is 0 Å². The lowest BCUT2D eigenvalue weighted by Crippen LogP contribution is -2.56. The Bertz CT molecular complexity index is 793. The number of hydrogen-bond acceptors (Lipinski definition) is 6. The molecule has 28 heavy (non-hydrogen) atoms. The van der Waals surface area contributed by atoms with Crippen molar-refractivity contribution in [1.82, 2.24) is 10.3 Å². The smallest absolute Gasteiger partial charge is 0.338 e. The van der Waals surface area contributed by atoms with Gasteiger partial charge in [0.05, 0.1) is 24.5 Å². The molecular formula is C19H27F2N3O3Si. The van der Waals surface area contributed by atoms with Crippen LogP contribution in [0.3, 0.4) is 0 Å². The van der Waals surface area contributed by atoms with Crippen LogP contribution in [0.15, 0.2) is 23.8 Å². The predicted molar refractivity (Wildman–Crippen MR) is 106 cm³/mol. The van der Waals surface area contributed by atoms with E-state index in [1.165, 1.54) is 11.1 Å². The van der Waals surface area contributed by atoms with Crippen LogP contribution < -0.4 is 11.2 Å². The second-order valence-electron chi connectivity index (χ2n) is 7.92. The molecule has 0 fully saturated rings. The molecule has 1 aliphatic rings. The highest BCUT2D eigenvalue weighted by atomic mass is 28.3. The summed E-state index contributed by atoms with van der Waals surface area (Å²) in [6.45, 7) is 8.27. The minimum absolute atomic E-state index is 0.0159. The fraction of sp³-hybridized carbons (Fsp3) is 0.474. The number of nitrogens with two attached hydrogens (primary N) is 1. The normalized spacial score (nSPS) is 18.0. The number of Topliss-reactive ketones (excluding diaryl/α,β-unsaturated/α-hetero) is 1. The summed E-state index contributed by atoms with van der Waals surface area (Å²) in [4.78, 5) is 25.7. The number of rotatable bonds is 7. The number of carbonyl (C=O) groups is 2. The van der Waals surface area contributed by atoms with Crippen LogP contribution >= 0.6 is 0 Å². The first-order valence-electron chi connectivity index (χ1n) is 9.19. The fourth-order valence-corrected chi connectivity index (χ4v) is 3.97. The van der Waals surface area contributed by atoms with Gasteiger partial charge in [0, 0.05) is 20.1 Å². The average molecular weight is 412 g/mol. The Morgan fingerprint density at radius 1 is 1.29 bits per heavy atom. The van der Waals surface area contributed by atoms with Crippen molar-refractivity contribution in [2.24, 2.45) is 5.84 Å². The molecule has 0 radical (unpaired) electrons. The summed E-state index contributed by atoms with van der Waals surface area (Å²) in [6.07, 6.45) is 0.280. The number of nitrogens with zero attached hydrogens (tertiary/aromatic N) is 1. The summed E-state index contributed by atoms with van der Waals surface area (Å²) in [6, 6.07) is 3.03. The largest absolute Gasteiger partial charge is 0.463 e. The third-order valence-electron chi connectivity index (χ3n) is 4.44. The summed E-state index contributed by atoms with van der Waals surface area (Å²) in [7, 11) is -1.48. The maximum atomic E-state index is 13.8. The summed E-state index contributed by atoms with van der Waals surface area (Å²) < 4.78 is 32.2. The molecule has 0 aliphatic carbocycles. The number of esters is 1. The number of halogens is 2. The lowest BCUT2D eigenvalue weighted by molar-refractivity contribution is -0.141. The van der Waals surface area contributed by atoms with E-state index in [1.807, 2.05) is 0 Å². The Morgan fingerprint density at radius 3 is 2.54 bits per heavy atom. The fourth-order valence-electron chi connectivity index (χ4n) is 2.97. The molecule has 0 aromatic heterocycles. The maximum Gasteiger partial charge on any atom is 0.338 e. The van der Waals surface area contributed by atoms with E-state index in [1.54, 1.807) is 6.92 Å². The topological polar surface area (TPSA) is 84.7 Å². The Kier molecular flexibility index (Phi) is 7.08. The van der Waals surface area contributed by atoms with Gasteiger partial charge in [-0.15, -0.1) is 0 Å². The summed E-state index contributed by atoms with van der Waals surface area (Å²) >= 11 is 0. The molecule has 1 heterocycles. The quantitative estimate of drug-likeness (QED) is 0.408. The van der Waals surface area contributed by atoms with Crippen LogP contribution in [-0.4, -0.2) is 44.2 Å². The minimum atomic E-state index is -1.48. The van der Waals surface area contributed by atoms with E-state index in [0.29, 0.717) is 0 Å². The number of hydrogen-bond donors (Lipinski definition) is 2. The zero-order chi connectivity index (χ0) is 21.1. The molecular weight excluding hydrogens is 384 g/mol. The lowest BCUT2D eigenvalue weighted by atomic mass is 9.93. The van der Waals surface area contributed by atoms with Crippen LogP contribution in [-0.2, 0) is 14.3 Å². The zero-order valence-electron chi connectivity index (χ0n) is 16.6. The molecule has 0 amide bonds. The Balaban J connectivity index is 2.52. The monoisotopic (exact) mass is 411 g/mol. The molecule has 6 nitrogen and oxygen atoms in total. The highest BCUT2D eigenvalue weighted by Crippen LogP contribution is 2.28. The number of hydrazine groups is 1. The Labute approximate surface area is 164 Å². The van der Waals surface area contributed by atoms with Crippen LogP contribution in [0.1, 0.15) is 18.9 Å². The molecule has 0 saturated heterocycles. The molecule has 9 heteroatoms. The number of carbonyl (C=O) groups excluding carboxylic acids is 2. The molecule has 154 valence electrons. The van der Waals surface area contributed by atoms with E-state index in [4.69, 9.17) is 10.6 Å². The van der Waals surface area contributed by atoms with Crippen LogP contribution in [0.4, 0.5) is 8.78 Å². The van der Waals surface area contributed by atoms with Crippen molar-refractivity contribution in [3.8, 4) is 0 Å². The van der Waals surface area contributed by atoms with Gasteiger partial charge in [0.2, 0.25) is 0 Å². The number of nitrogens with one attached hydrogen (secondary N) is 1. The third kappa shape index (κ3) is 5.24. The van der Waals surface area contributed by atoms with Crippen molar-refractivity contribution in [1.29, 1.82) is 0 Å². The third-order valence-corrected chi connectivity index (χ3v) is 6.19. The lowest BCUT2D eigenvalue weighted by Gasteiger charge is -2.35. The molecule has 1 aromatic rings. The first-order chi connectivity index (χ1) is 13.0. The first-order valence-corrected chi connectivity index (χ1v) is 12.9. The highest BCUT2D eigenvalue weighted by Gasteiger charge is 2.39. The second kappa shape index (κ2) is 8.93. The van der Waals surface area contributed by atoms with Crippen molar-refractivity contribution < 1.29 is 23.1 Å². The van der Waals surface area contributed by atoms with Gasteiger partial charge in [-0.1, -0.05) is 25.7 Å². The van der Waals surface area contributed by atoms with E-state index >= 15 is 0 Å². The minimum Gasteiger partial charge on any atom is -0.463 e. The van der Waals surface area contributed by atoms with Crippen molar-refractivity contribution in [2.75, 3.05) is 13.3 Å².